The maximum atomic E-state index is 11.2. The lowest BCUT2D eigenvalue weighted by molar-refractivity contribution is -0.136. The number of H-pyrrole nitrogens is 1. The van der Waals surface area contributed by atoms with Gasteiger partial charge in [-0.1, -0.05) is 24.1 Å². The monoisotopic (exact) mass is 240 g/mol. The van der Waals surface area contributed by atoms with Crippen LogP contribution in [-0.4, -0.2) is 22.8 Å². The van der Waals surface area contributed by atoms with E-state index in [1.165, 1.54) is 0 Å². The zero-order valence-corrected chi connectivity index (χ0v) is 9.93. The molecule has 0 saturated carbocycles. The number of aromatic amines is 1. The van der Waals surface area contributed by atoms with E-state index in [4.69, 9.17) is 4.74 Å². The Kier molecular flexibility index (Phi) is 3.77. The Morgan fingerprint density at radius 3 is 2.94 bits per heavy atom. The Balaban J connectivity index is 2.32. The molecule has 0 aliphatic heterocycles. The summed E-state index contributed by atoms with van der Waals surface area (Å²) in [5.74, 6) is 4.75. The predicted molar refractivity (Wildman–Crippen MR) is 67.5 cm³/mol. The average molecular weight is 240 g/mol. The lowest BCUT2D eigenvalue weighted by Gasteiger charge is -2.00. The van der Waals surface area contributed by atoms with Crippen LogP contribution in [-0.2, 0) is 9.53 Å². The van der Waals surface area contributed by atoms with Crippen LogP contribution in [0.4, 0.5) is 0 Å². The molecule has 0 fully saturated rings. The second-order valence-electron chi connectivity index (χ2n) is 3.49. The second-order valence-corrected chi connectivity index (χ2v) is 3.49. The largest absolute Gasteiger partial charge is 0.456 e. The lowest BCUT2D eigenvalue weighted by atomic mass is 10.1. The molecule has 2 aromatic rings. The Morgan fingerprint density at radius 1 is 1.39 bits per heavy atom. The van der Waals surface area contributed by atoms with Crippen LogP contribution in [0, 0.1) is 11.8 Å². The van der Waals surface area contributed by atoms with E-state index < -0.39 is 5.97 Å². The molecular weight excluding hydrogens is 228 g/mol. The van der Waals surface area contributed by atoms with Crippen molar-refractivity contribution in [3.8, 4) is 23.1 Å². The molecule has 0 unspecified atom stereocenters. The van der Waals surface area contributed by atoms with Crippen molar-refractivity contribution in [3.05, 3.63) is 42.1 Å². The third-order valence-corrected chi connectivity index (χ3v) is 2.29. The van der Waals surface area contributed by atoms with E-state index in [0.29, 0.717) is 6.61 Å². The molecule has 1 N–H and O–H groups in total. The summed E-state index contributed by atoms with van der Waals surface area (Å²) >= 11 is 0. The molecule has 0 aliphatic carbocycles. The highest BCUT2D eigenvalue weighted by molar-refractivity contribution is 5.89. The summed E-state index contributed by atoms with van der Waals surface area (Å²) in [5, 5.41) is 6.77. The molecule has 2 rings (SSSR count). The third-order valence-electron chi connectivity index (χ3n) is 2.29. The van der Waals surface area contributed by atoms with Gasteiger partial charge in [0.1, 0.15) is 0 Å². The predicted octanol–water partition coefficient (Wildman–Crippen LogP) is 1.99. The summed E-state index contributed by atoms with van der Waals surface area (Å²) in [6.45, 7) is 2.08. The first-order chi connectivity index (χ1) is 8.81. The van der Waals surface area contributed by atoms with Gasteiger partial charge in [0, 0.05) is 23.2 Å². The summed E-state index contributed by atoms with van der Waals surface area (Å²) in [7, 11) is 0. The van der Waals surface area contributed by atoms with Gasteiger partial charge >= 0.3 is 5.97 Å². The van der Waals surface area contributed by atoms with Crippen LogP contribution in [0.5, 0.6) is 0 Å². The first kappa shape index (κ1) is 11.9. The molecule has 90 valence electrons. The van der Waals surface area contributed by atoms with Crippen molar-refractivity contribution in [2.45, 2.75) is 6.92 Å². The van der Waals surface area contributed by atoms with Gasteiger partial charge in [0.25, 0.3) is 0 Å². The van der Waals surface area contributed by atoms with Crippen LogP contribution < -0.4 is 0 Å². The first-order valence-electron chi connectivity index (χ1n) is 5.59. The Labute approximate surface area is 105 Å². The van der Waals surface area contributed by atoms with Crippen molar-refractivity contribution in [1.29, 1.82) is 0 Å². The van der Waals surface area contributed by atoms with Gasteiger partial charge in [0.15, 0.2) is 0 Å². The topological polar surface area (TPSA) is 55.0 Å². The number of rotatable bonds is 2. The minimum atomic E-state index is -0.517. The fraction of sp³-hybridized carbons (Fsp3) is 0.143. The van der Waals surface area contributed by atoms with E-state index in [1.54, 1.807) is 13.1 Å². The zero-order chi connectivity index (χ0) is 12.8. The van der Waals surface area contributed by atoms with Crippen molar-refractivity contribution in [3.63, 3.8) is 0 Å². The van der Waals surface area contributed by atoms with E-state index >= 15 is 0 Å². The van der Waals surface area contributed by atoms with Crippen LogP contribution >= 0.6 is 0 Å². The number of esters is 1. The average Bonchev–Trinajstić information content (AvgIpc) is 2.91. The number of nitrogens with zero attached hydrogens (tertiary/aromatic N) is 1. The van der Waals surface area contributed by atoms with Crippen molar-refractivity contribution < 1.29 is 9.53 Å². The van der Waals surface area contributed by atoms with Crippen molar-refractivity contribution in [2.75, 3.05) is 6.61 Å². The molecule has 0 radical (unpaired) electrons. The van der Waals surface area contributed by atoms with Crippen molar-refractivity contribution >= 4 is 5.97 Å². The second kappa shape index (κ2) is 5.69. The Hall–Kier alpha value is -2.54. The molecule has 1 aromatic carbocycles. The van der Waals surface area contributed by atoms with Crippen LogP contribution in [0.25, 0.3) is 11.3 Å². The normalized spacial score (nSPS) is 9.39. The van der Waals surface area contributed by atoms with Gasteiger partial charge in [-0.2, -0.15) is 5.10 Å². The van der Waals surface area contributed by atoms with Crippen molar-refractivity contribution in [2.24, 2.45) is 0 Å². The summed E-state index contributed by atoms with van der Waals surface area (Å²) in [5.41, 5.74) is 2.53. The fourth-order valence-corrected chi connectivity index (χ4v) is 1.52. The molecule has 0 atom stereocenters. The van der Waals surface area contributed by atoms with E-state index in [9.17, 15) is 4.79 Å². The van der Waals surface area contributed by atoms with Crippen LogP contribution in [0.2, 0.25) is 0 Å². The summed E-state index contributed by atoms with van der Waals surface area (Å²) in [6, 6.07) is 9.40. The van der Waals surface area contributed by atoms with Gasteiger partial charge in [-0.3, -0.25) is 5.10 Å². The van der Waals surface area contributed by atoms with Gasteiger partial charge in [0.2, 0.25) is 0 Å². The fourth-order valence-electron chi connectivity index (χ4n) is 1.52. The molecular formula is C14H12N2O2. The highest BCUT2D eigenvalue weighted by Crippen LogP contribution is 2.20. The number of carbonyl (C=O) groups excluding carboxylic acids is 1. The Morgan fingerprint density at radius 2 is 2.22 bits per heavy atom. The van der Waals surface area contributed by atoms with Crippen LogP contribution in [0.3, 0.4) is 0 Å². The number of ether oxygens (including phenoxy) is 1. The third kappa shape index (κ3) is 2.77. The number of benzene rings is 1. The van der Waals surface area contributed by atoms with Gasteiger partial charge in [-0.15, -0.1) is 0 Å². The number of aromatic nitrogens is 2. The van der Waals surface area contributed by atoms with Gasteiger partial charge in [-0.05, 0) is 19.1 Å². The number of carbonyl (C=O) groups is 1. The standard InChI is InChI=1S/C14H12N2O2/c1-2-18-14(17)8-7-11-5-3-4-6-12(11)13-9-10-15-16-13/h3-6,9-10H,2H2,1H3,(H,15,16). The molecule has 0 aliphatic rings. The van der Waals surface area contributed by atoms with E-state index in [1.807, 2.05) is 30.3 Å². The molecule has 1 aromatic heterocycles. The molecule has 4 heteroatoms. The van der Waals surface area contributed by atoms with E-state index in [-0.39, 0.29) is 0 Å². The van der Waals surface area contributed by atoms with Gasteiger partial charge in [-0.25, -0.2) is 4.79 Å². The first-order valence-corrected chi connectivity index (χ1v) is 5.59. The highest BCUT2D eigenvalue weighted by Gasteiger charge is 2.03. The van der Waals surface area contributed by atoms with Crippen molar-refractivity contribution in [1.82, 2.24) is 10.2 Å². The minimum Gasteiger partial charge on any atom is -0.456 e. The van der Waals surface area contributed by atoms with Gasteiger partial charge < -0.3 is 4.74 Å². The maximum Gasteiger partial charge on any atom is 0.384 e. The minimum absolute atomic E-state index is 0.329. The lowest BCUT2D eigenvalue weighted by Crippen LogP contribution is -1.99. The Bertz CT molecular complexity index is 592. The van der Waals surface area contributed by atoms with E-state index in [2.05, 4.69) is 22.0 Å². The molecule has 18 heavy (non-hydrogen) atoms. The van der Waals surface area contributed by atoms with E-state index in [0.717, 1.165) is 16.8 Å². The SMILES string of the molecule is CCOC(=O)C#Cc1ccccc1-c1ccn[nH]1. The summed E-state index contributed by atoms with van der Waals surface area (Å²) in [6.07, 6.45) is 1.67. The molecule has 0 bridgehead atoms. The van der Waals surface area contributed by atoms with Crippen LogP contribution in [0.1, 0.15) is 12.5 Å². The summed E-state index contributed by atoms with van der Waals surface area (Å²) < 4.78 is 4.76. The quantitative estimate of drug-likeness (QED) is 0.645. The highest BCUT2D eigenvalue weighted by atomic mass is 16.5. The molecule has 0 saturated heterocycles. The number of hydrogen-bond donors (Lipinski definition) is 1. The molecule has 4 nitrogen and oxygen atoms in total. The number of nitrogens with one attached hydrogen (secondary N) is 1. The number of hydrogen-bond acceptors (Lipinski definition) is 3. The molecule has 1 heterocycles. The maximum absolute atomic E-state index is 11.2. The molecule has 0 amide bonds. The zero-order valence-electron chi connectivity index (χ0n) is 9.93. The van der Waals surface area contributed by atoms with Gasteiger partial charge in [0.05, 0.1) is 12.3 Å². The molecule has 0 spiro atoms. The smallest absolute Gasteiger partial charge is 0.384 e. The summed E-state index contributed by atoms with van der Waals surface area (Å²) in [4.78, 5) is 11.2. The van der Waals surface area contributed by atoms with Crippen LogP contribution in [0.15, 0.2) is 36.5 Å².